The van der Waals surface area contributed by atoms with Crippen LogP contribution < -0.4 is 10.6 Å². The first-order chi connectivity index (χ1) is 8.69. The van der Waals surface area contributed by atoms with Crippen LogP contribution >= 0.6 is 0 Å². The van der Waals surface area contributed by atoms with E-state index < -0.39 is 0 Å². The van der Waals surface area contributed by atoms with E-state index in [4.69, 9.17) is 9.47 Å². The van der Waals surface area contributed by atoms with Crippen LogP contribution in [0.2, 0.25) is 0 Å². The van der Waals surface area contributed by atoms with E-state index in [2.05, 4.69) is 17.6 Å². The summed E-state index contributed by atoms with van der Waals surface area (Å²) in [5, 5.41) is 6.29. The minimum absolute atomic E-state index is 0.0586. The van der Waals surface area contributed by atoms with E-state index in [0.717, 1.165) is 13.0 Å². The molecule has 1 saturated heterocycles. The molecular formula is C13H26N2O3. The van der Waals surface area contributed by atoms with Gasteiger partial charge < -0.3 is 20.1 Å². The summed E-state index contributed by atoms with van der Waals surface area (Å²) in [7, 11) is 0. The molecule has 0 saturated carbocycles. The van der Waals surface area contributed by atoms with Gasteiger partial charge in [0.1, 0.15) is 0 Å². The van der Waals surface area contributed by atoms with E-state index in [1.165, 1.54) is 0 Å². The highest BCUT2D eigenvalue weighted by molar-refractivity contribution is 5.79. The average molecular weight is 258 g/mol. The zero-order valence-corrected chi connectivity index (χ0v) is 11.7. The van der Waals surface area contributed by atoms with Gasteiger partial charge in [-0.1, -0.05) is 6.92 Å². The molecule has 1 aliphatic heterocycles. The fourth-order valence-corrected chi connectivity index (χ4v) is 2.06. The normalized spacial score (nSPS) is 25.1. The summed E-state index contributed by atoms with van der Waals surface area (Å²) in [6, 6.07) is 0.146. The van der Waals surface area contributed by atoms with Crippen LogP contribution in [0.25, 0.3) is 0 Å². The second-order valence-electron chi connectivity index (χ2n) is 4.72. The molecule has 0 aliphatic carbocycles. The van der Waals surface area contributed by atoms with E-state index in [-0.39, 0.29) is 24.0 Å². The Morgan fingerprint density at radius 1 is 1.44 bits per heavy atom. The number of carbonyl (C=O) groups is 1. The van der Waals surface area contributed by atoms with E-state index in [1.807, 2.05) is 13.8 Å². The Labute approximate surface area is 110 Å². The van der Waals surface area contributed by atoms with Crippen molar-refractivity contribution in [1.82, 2.24) is 10.6 Å². The van der Waals surface area contributed by atoms with Crippen molar-refractivity contribution in [3.05, 3.63) is 0 Å². The first kappa shape index (κ1) is 15.4. The molecule has 0 aromatic carbocycles. The minimum atomic E-state index is -0.0784. The highest BCUT2D eigenvalue weighted by Gasteiger charge is 2.33. The van der Waals surface area contributed by atoms with Crippen LogP contribution in [0.15, 0.2) is 0 Å². The number of amides is 1. The SMILES string of the molecule is CCCNC1COCC1C(=O)NCC(C)OCC. The Bertz CT molecular complexity index is 248. The van der Waals surface area contributed by atoms with Gasteiger partial charge in [-0.05, 0) is 26.8 Å². The third-order valence-electron chi connectivity index (χ3n) is 3.09. The third kappa shape index (κ3) is 4.92. The maximum atomic E-state index is 12.0. The van der Waals surface area contributed by atoms with Gasteiger partial charge in [0.25, 0.3) is 0 Å². The maximum absolute atomic E-state index is 12.0. The van der Waals surface area contributed by atoms with Gasteiger partial charge in [-0.15, -0.1) is 0 Å². The van der Waals surface area contributed by atoms with Crippen LogP contribution in [-0.4, -0.2) is 51.0 Å². The van der Waals surface area contributed by atoms with Gasteiger partial charge in [0.05, 0.1) is 25.2 Å². The zero-order valence-electron chi connectivity index (χ0n) is 11.7. The lowest BCUT2D eigenvalue weighted by atomic mass is 10.0. The molecule has 0 aromatic rings. The van der Waals surface area contributed by atoms with E-state index in [9.17, 15) is 4.79 Å². The summed E-state index contributed by atoms with van der Waals surface area (Å²) in [5.41, 5.74) is 0. The quantitative estimate of drug-likeness (QED) is 0.667. The third-order valence-corrected chi connectivity index (χ3v) is 3.09. The van der Waals surface area contributed by atoms with E-state index >= 15 is 0 Å². The van der Waals surface area contributed by atoms with Crippen LogP contribution in [0.1, 0.15) is 27.2 Å². The highest BCUT2D eigenvalue weighted by atomic mass is 16.5. The Hall–Kier alpha value is -0.650. The number of carbonyl (C=O) groups excluding carboxylic acids is 1. The summed E-state index contributed by atoms with van der Waals surface area (Å²) < 4.78 is 10.8. The number of rotatable bonds is 8. The summed E-state index contributed by atoms with van der Waals surface area (Å²) >= 11 is 0. The molecule has 0 radical (unpaired) electrons. The minimum Gasteiger partial charge on any atom is -0.379 e. The lowest BCUT2D eigenvalue weighted by molar-refractivity contribution is -0.126. The molecule has 5 nitrogen and oxygen atoms in total. The summed E-state index contributed by atoms with van der Waals surface area (Å²) in [5.74, 6) is -0.0157. The second kappa shape index (κ2) is 8.45. The monoisotopic (exact) mass is 258 g/mol. The van der Waals surface area contributed by atoms with Gasteiger partial charge in [-0.25, -0.2) is 0 Å². The molecule has 0 aromatic heterocycles. The maximum Gasteiger partial charge on any atom is 0.227 e. The molecule has 5 heteroatoms. The van der Waals surface area contributed by atoms with Crippen molar-refractivity contribution in [2.75, 3.05) is 32.9 Å². The van der Waals surface area contributed by atoms with Crippen molar-refractivity contribution in [2.24, 2.45) is 5.92 Å². The smallest absolute Gasteiger partial charge is 0.227 e. The summed E-state index contributed by atoms with van der Waals surface area (Å²) in [6.45, 7) is 9.31. The number of hydrogen-bond donors (Lipinski definition) is 2. The number of ether oxygens (including phenoxy) is 2. The molecule has 0 bridgehead atoms. The van der Waals surface area contributed by atoms with E-state index in [1.54, 1.807) is 0 Å². The first-order valence-electron chi connectivity index (χ1n) is 6.89. The lowest BCUT2D eigenvalue weighted by Crippen LogP contribution is -2.45. The molecule has 1 rings (SSSR count). The largest absolute Gasteiger partial charge is 0.379 e. The molecule has 1 fully saturated rings. The standard InChI is InChI=1S/C13H26N2O3/c1-4-6-14-12-9-17-8-11(12)13(16)15-7-10(3)18-5-2/h10-12,14H,4-9H2,1-3H3,(H,15,16). The summed E-state index contributed by atoms with van der Waals surface area (Å²) in [6.07, 6.45) is 1.12. The van der Waals surface area contributed by atoms with Gasteiger partial charge in [0, 0.05) is 19.2 Å². The molecule has 1 heterocycles. The predicted molar refractivity (Wildman–Crippen MR) is 70.5 cm³/mol. The number of nitrogens with one attached hydrogen (secondary N) is 2. The summed E-state index contributed by atoms with van der Waals surface area (Å²) in [4.78, 5) is 12.0. The molecule has 1 amide bonds. The van der Waals surface area contributed by atoms with Crippen LogP contribution in [0, 0.1) is 5.92 Å². The topological polar surface area (TPSA) is 59.6 Å². The van der Waals surface area contributed by atoms with Crippen LogP contribution in [0.4, 0.5) is 0 Å². The molecular weight excluding hydrogens is 232 g/mol. The van der Waals surface area contributed by atoms with Crippen molar-refractivity contribution in [3.63, 3.8) is 0 Å². The Balaban J connectivity index is 2.31. The fraction of sp³-hybridized carbons (Fsp3) is 0.923. The van der Waals surface area contributed by atoms with E-state index in [0.29, 0.717) is 26.4 Å². The second-order valence-corrected chi connectivity index (χ2v) is 4.72. The highest BCUT2D eigenvalue weighted by Crippen LogP contribution is 2.13. The Morgan fingerprint density at radius 3 is 2.89 bits per heavy atom. The van der Waals surface area contributed by atoms with Crippen LogP contribution in [0.5, 0.6) is 0 Å². The molecule has 106 valence electrons. The molecule has 1 aliphatic rings. The van der Waals surface area contributed by atoms with Gasteiger partial charge >= 0.3 is 0 Å². The Kier molecular flexibility index (Phi) is 7.23. The molecule has 2 N–H and O–H groups in total. The van der Waals surface area contributed by atoms with Crippen LogP contribution in [-0.2, 0) is 14.3 Å². The average Bonchev–Trinajstić information content (AvgIpc) is 2.82. The molecule has 3 unspecified atom stereocenters. The van der Waals surface area contributed by atoms with Crippen molar-refractivity contribution in [1.29, 1.82) is 0 Å². The molecule has 18 heavy (non-hydrogen) atoms. The first-order valence-corrected chi connectivity index (χ1v) is 6.89. The van der Waals surface area contributed by atoms with Gasteiger partial charge in [0.15, 0.2) is 0 Å². The van der Waals surface area contributed by atoms with Gasteiger partial charge in [-0.2, -0.15) is 0 Å². The van der Waals surface area contributed by atoms with Crippen molar-refractivity contribution >= 4 is 5.91 Å². The van der Waals surface area contributed by atoms with Gasteiger partial charge in [0.2, 0.25) is 5.91 Å². The van der Waals surface area contributed by atoms with Crippen molar-refractivity contribution in [2.45, 2.75) is 39.3 Å². The zero-order chi connectivity index (χ0) is 13.4. The Morgan fingerprint density at radius 2 is 2.22 bits per heavy atom. The van der Waals surface area contributed by atoms with Crippen molar-refractivity contribution < 1.29 is 14.3 Å². The van der Waals surface area contributed by atoms with Gasteiger partial charge in [-0.3, -0.25) is 4.79 Å². The van der Waals surface area contributed by atoms with Crippen molar-refractivity contribution in [3.8, 4) is 0 Å². The molecule has 3 atom stereocenters. The van der Waals surface area contributed by atoms with Crippen LogP contribution in [0.3, 0.4) is 0 Å². The number of hydrogen-bond acceptors (Lipinski definition) is 4. The fourth-order valence-electron chi connectivity index (χ4n) is 2.06. The lowest BCUT2D eigenvalue weighted by Gasteiger charge is -2.19. The molecule has 0 spiro atoms. The predicted octanol–water partition coefficient (Wildman–Crippen LogP) is 0.542.